The predicted octanol–water partition coefficient (Wildman–Crippen LogP) is 11.8. The summed E-state index contributed by atoms with van der Waals surface area (Å²) in [5.74, 6) is -0.317. The van der Waals surface area contributed by atoms with Crippen molar-refractivity contribution in [3.63, 3.8) is 0 Å². The molecule has 0 N–H and O–H groups in total. The Morgan fingerprint density at radius 1 is 0.475 bits per heavy atom. The maximum absolute atomic E-state index is 12.2. The van der Waals surface area contributed by atoms with Gasteiger partial charge in [-0.1, -0.05) is 191 Å². The van der Waals surface area contributed by atoms with E-state index in [1.165, 1.54) is 141 Å². The minimum atomic E-state index is -0.328. The van der Waals surface area contributed by atoms with Gasteiger partial charge in [0.1, 0.15) is 12.7 Å². The third-order valence-electron chi connectivity index (χ3n) is 7.87. The highest BCUT2D eigenvalue weighted by atomic mass is 127. The summed E-state index contributed by atoms with van der Waals surface area (Å²) in [4.78, 5) is 24.3. The number of halogens is 1. The number of carbonyl (C=O) groups excluding carboxylic acids is 2. The van der Waals surface area contributed by atoms with Gasteiger partial charge in [0.15, 0.2) is 0 Å². The van der Waals surface area contributed by atoms with Crippen molar-refractivity contribution >= 4 is 34.5 Å². The van der Waals surface area contributed by atoms with Gasteiger partial charge in [-0.05, 0) is 12.8 Å². The SMILES string of the molecule is CCCCCCCCCCCCCCCC(=O)OC[C@@H](CI)OC(=O)CCCCCCCCCCCCCCC. The highest BCUT2D eigenvalue weighted by molar-refractivity contribution is 14.1. The molecule has 0 aromatic carbocycles. The van der Waals surface area contributed by atoms with E-state index < -0.39 is 0 Å². The smallest absolute Gasteiger partial charge is 0.306 e. The van der Waals surface area contributed by atoms with Crippen LogP contribution in [0.3, 0.4) is 0 Å². The molecule has 238 valence electrons. The van der Waals surface area contributed by atoms with E-state index in [-0.39, 0.29) is 24.6 Å². The first-order valence-electron chi connectivity index (χ1n) is 17.5. The van der Waals surface area contributed by atoms with E-state index in [0.29, 0.717) is 17.3 Å². The largest absolute Gasteiger partial charge is 0.462 e. The summed E-state index contributed by atoms with van der Waals surface area (Å²) < 4.78 is 11.6. The number of unbranched alkanes of at least 4 members (excludes halogenated alkanes) is 24. The van der Waals surface area contributed by atoms with Crippen LogP contribution in [0, 0.1) is 0 Å². The summed E-state index contributed by atoms with van der Waals surface area (Å²) in [5.41, 5.74) is 0. The number of hydrogen-bond acceptors (Lipinski definition) is 4. The lowest BCUT2D eigenvalue weighted by atomic mass is 10.0. The van der Waals surface area contributed by atoms with Gasteiger partial charge >= 0.3 is 11.9 Å². The van der Waals surface area contributed by atoms with Crippen LogP contribution >= 0.6 is 22.6 Å². The summed E-state index contributed by atoms with van der Waals surface area (Å²) in [6.45, 7) is 4.72. The quantitative estimate of drug-likeness (QED) is 0.0308. The molecule has 0 fully saturated rings. The molecule has 5 heteroatoms. The lowest BCUT2D eigenvalue weighted by Gasteiger charge is -2.15. The molecule has 0 aliphatic rings. The first-order valence-corrected chi connectivity index (χ1v) is 19.1. The molecule has 0 bridgehead atoms. The second kappa shape index (κ2) is 33.2. The Morgan fingerprint density at radius 3 is 1.10 bits per heavy atom. The monoisotopic (exact) mass is 678 g/mol. The van der Waals surface area contributed by atoms with Gasteiger partial charge in [-0.2, -0.15) is 0 Å². The van der Waals surface area contributed by atoms with Gasteiger partial charge in [0.05, 0.1) is 0 Å². The molecular weight excluding hydrogens is 611 g/mol. The van der Waals surface area contributed by atoms with Crippen LogP contribution in [0.4, 0.5) is 0 Å². The average Bonchev–Trinajstić information content (AvgIpc) is 2.96. The fraction of sp³-hybridized carbons (Fsp3) is 0.943. The van der Waals surface area contributed by atoms with Crippen molar-refractivity contribution in [2.75, 3.05) is 11.0 Å². The first-order chi connectivity index (χ1) is 19.6. The standard InChI is InChI=1S/C35H67IO4/c1-3-5-7-9-11-13-15-17-19-21-23-25-27-29-34(37)39-32-33(31-36)40-35(38)30-28-26-24-22-20-18-16-14-12-10-8-6-4-2/h33H,3-32H2,1-2H3/t33-/m1/s1. The van der Waals surface area contributed by atoms with E-state index in [0.717, 1.165) is 25.7 Å². The summed E-state index contributed by atoms with van der Waals surface area (Å²) >= 11 is 2.20. The third kappa shape index (κ3) is 30.6. The van der Waals surface area contributed by atoms with Crippen molar-refractivity contribution in [1.82, 2.24) is 0 Å². The van der Waals surface area contributed by atoms with Crippen LogP contribution in [0.1, 0.15) is 194 Å². The molecule has 0 aliphatic heterocycles. The van der Waals surface area contributed by atoms with Crippen molar-refractivity contribution in [2.45, 2.75) is 200 Å². The number of carbonyl (C=O) groups is 2. The Kier molecular flexibility index (Phi) is 32.9. The minimum absolute atomic E-state index is 0.155. The normalized spacial score (nSPS) is 12.0. The fourth-order valence-corrected chi connectivity index (χ4v) is 5.62. The average molecular weight is 679 g/mol. The minimum Gasteiger partial charge on any atom is -0.462 e. The van der Waals surface area contributed by atoms with Gasteiger partial charge < -0.3 is 9.47 Å². The maximum atomic E-state index is 12.2. The highest BCUT2D eigenvalue weighted by Gasteiger charge is 2.15. The Bertz CT molecular complexity index is 539. The van der Waals surface area contributed by atoms with Gasteiger partial charge in [0.25, 0.3) is 0 Å². The summed E-state index contributed by atoms with van der Waals surface area (Å²) in [7, 11) is 0. The molecular formula is C35H67IO4. The zero-order valence-electron chi connectivity index (χ0n) is 26.8. The summed E-state index contributed by atoms with van der Waals surface area (Å²) in [6.07, 6.45) is 34.3. The first kappa shape index (κ1) is 39.7. The fourth-order valence-electron chi connectivity index (χ4n) is 5.19. The van der Waals surface area contributed by atoms with Crippen LogP contribution in [0.2, 0.25) is 0 Å². The number of alkyl halides is 1. The van der Waals surface area contributed by atoms with E-state index in [9.17, 15) is 9.59 Å². The van der Waals surface area contributed by atoms with Crippen molar-refractivity contribution in [3.8, 4) is 0 Å². The molecule has 0 unspecified atom stereocenters. The molecule has 0 aromatic rings. The van der Waals surface area contributed by atoms with Crippen molar-refractivity contribution in [2.24, 2.45) is 0 Å². The zero-order chi connectivity index (χ0) is 29.4. The van der Waals surface area contributed by atoms with Crippen LogP contribution in [-0.2, 0) is 19.1 Å². The number of hydrogen-bond donors (Lipinski definition) is 0. The molecule has 0 amide bonds. The Labute approximate surface area is 263 Å². The summed E-state index contributed by atoms with van der Waals surface area (Å²) in [6, 6.07) is 0. The van der Waals surface area contributed by atoms with E-state index >= 15 is 0 Å². The van der Waals surface area contributed by atoms with Gasteiger partial charge in [-0.15, -0.1) is 0 Å². The van der Waals surface area contributed by atoms with Gasteiger partial charge in [0, 0.05) is 17.3 Å². The Morgan fingerprint density at radius 2 is 0.775 bits per heavy atom. The Balaban J connectivity index is 3.53. The molecule has 0 aliphatic carbocycles. The lowest BCUT2D eigenvalue weighted by molar-refractivity contribution is -0.157. The molecule has 0 aromatic heterocycles. The second-order valence-corrected chi connectivity index (χ2v) is 12.8. The molecule has 0 heterocycles. The molecule has 0 spiro atoms. The van der Waals surface area contributed by atoms with Crippen molar-refractivity contribution < 1.29 is 19.1 Å². The zero-order valence-corrected chi connectivity index (χ0v) is 29.0. The van der Waals surface area contributed by atoms with E-state index in [1.807, 2.05) is 0 Å². The molecule has 1 atom stereocenters. The molecule has 40 heavy (non-hydrogen) atoms. The Hall–Kier alpha value is -0.330. The maximum Gasteiger partial charge on any atom is 0.306 e. The van der Waals surface area contributed by atoms with E-state index in [1.54, 1.807) is 0 Å². The number of esters is 2. The number of rotatable bonds is 32. The van der Waals surface area contributed by atoms with Crippen molar-refractivity contribution in [3.05, 3.63) is 0 Å². The topological polar surface area (TPSA) is 52.6 Å². The van der Waals surface area contributed by atoms with Gasteiger partial charge in [0.2, 0.25) is 0 Å². The van der Waals surface area contributed by atoms with Gasteiger partial charge in [-0.25, -0.2) is 0 Å². The molecule has 0 rings (SSSR count). The lowest BCUT2D eigenvalue weighted by Crippen LogP contribution is -2.26. The van der Waals surface area contributed by atoms with Crippen molar-refractivity contribution in [1.29, 1.82) is 0 Å². The van der Waals surface area contributed by atoms with Gasteiger partial charge in [-0.3, -0.25) is 9.59 Å². The van der Waals surface area contributed by atoms with Crippen LogP contribution in [0.15, 0.2) is 0 Å². The summed E-state index contributed by atoms with van der Waals surface area (Å²) in [5, 5.41) is 0. The highest BCUT2D eigenvalue weighted by Crippen LogP contribution is 2.15. The predicted molar refractivity (Wildman–Crippen MR) is 180 cm³/mol. The molecule has 0 radical (unpaired) electrons. The number of ether oxygens (including phenoxy) is 2. The van der Waals surface area contributed by atoms with Crippen LogP contribution in [0.25, 0.3) is 0 Å². The third-order valence-corrected chi connectivity index (χ3v) is 8.85. The van der Waals surface area contributed by atoms with Crippen LogP contribution < -0.4 is 0 Å². The molecule has 4 nitrogen and oxygen atoms in total. The molecule has 0 saturated carbocycles. The van der Waals surface area contributed by atoms with E-state index in [4.69, 9.17) is 9.47 Å². The molecule has 0 saturated heterocycles. The second-order valence-electron chi connectivity index (χ2n) is 11.9. The van der Waals surface area contributed by atoms with Crippen LogP contribution in [-0.4, -0.2) is 29.1 Å². The van der Waals surface area contributed by atoms with Crippen LogP contribution in [0.5, 0.6) is 0 Å². The van der Waals surface area contributed by atoms with E-state index in [2.05, 4.69) is 36.4 Å².